The maximum Gasteiger partial charge on any atom is 0.227 e. The summed E-state index contributed by atoms with van der Waals surface area (Å²) in [6.07, 6.45) is 2.57. The van der Waals surface area contributed by atoms with Crippen LogP contribution in [0.5, 0.6) is 0 Å². The maximum atomic E-state index is 11.0. The lowest BCUT2D eigenvalue weighted by atomic mass is 10.1. The number of thioether (sulfide) groups is 1. The van der Waals surface area contributed by atoms with Crippen molar-refractivity contribution >= 4 is 34.7 Å². The Kier molecular flexibility index (Phi) is 4.51. The van der Waals surface area contributed by atoms with E-state index in [9.17, 15) is 4.79 Å². The van der Waals surface area contributed by atoms with Gasteiger partial charge >= 0.3 is 0 Å². The van der Waals surface area contributed by atoms with Gasteiger partial charge in [-0.1, -0.05) is 18.2 Å². The Balaban J connectivity index is 1.78. The minimum absolute atomic E-state index is 0.285. The molecule has 2 aromatic rings. The molecule has 1 aromatic carbocycles. The zero-order chi connectivity index (χ0) is 14.7. The van der Waals surface area contributed by atoms with Crippen molar-refractivity contribution in [1.29, 1.82) is 0 Å². The number of anilines is 1. The molecule has 1 saturated carbocycles. The Labute approximate surface area is 132 Å². The molecule has 3 nitrogen and oxygen atoms in total. The molecule has 0 bridgehead atoms. The highest BCUT2D eigenvalue weighted by atomic mass is 32.2. The van der Waals surface area contributed by atoms with Crippen molar-refractivity contribution < 1.29 is 4.79 Å². The number of hydrogen-bond acceptors (Lipinski definition) is 4. The number of primary amides is 1. The topological polar surface area (TPSA) is 55.1 Å². The van der Waals surface area contributed by atoms with Crippen molar-refractivity contribution in [3.8, 4) is 0 Å². The van der Waals surface area contributed by atoms with Gasteiger partial charge in [-0.05, 0) is 42.3 Å². The first-order valence-corrected chi connectivity index (χ1v) is 8.90. The van der Waals surface area contributed by atoms with Crippen molar-refractivity contribution in [3.63, 3.8) is 0 Å². The smallest absolute Gasteiger partial charge is 0.227 e. The highest BCUT2D eigenvalue weighted by Crippen LogP contribution is 2.45. The first kappa shape index (κ1) is 14.5. The molecule has 1 amide bonds. The number of rotatable bonds is 7. The van der Waals surface area contributed by atoms with E-state index in [2.05, 4.69) is 28.9 Å². The Hall–Kier alpha value is -1.46. The largest absolute Gasteiger partial charge is 0.376 e. The van der Waals surface area contributed by atoms with Crippen molar-refractivity contribution in [2.45, 2.75) is 23.8 Å². The van der Waals surface area contributed by atoms with Crippen LogP contribution in [-0.2, 0) is 4.79 Å². The Morgan fingerprint density at radius 2 is 2.14 bits per heavy atom. The molecule has 1 aliphatic carbocycles. The van der Waals surface area contributed by atoms with Crippen molar-refractivity contribution in [1.82, 2.24) is 0 Å². The molecule has 1 atom stereocenters. The van der Waals surface area contributed by atoms with Crippen LogP contribution in [0.15, 0.2) is 46.7 Å². The summed E-state index contributed by atoms with van der Waals surface area (Å²) in [5.41, 5.74) is 6.34. The summed E-state index contributed by atoms with van der Waals surface area (Å²) in [6.45, 7) is 0. The van der Waals surface area contributed by atoms with E-state index in [1.54, 1.807) is 11.3 Å². The van der Waals surface area contributed by atoms with Gasteiger partial charge in [0.05, 0.1) is 11.8 Å². The fourth-order valence-electron chi connectivity index (χ4n) is 2.35. The number of carbonyl (C=O) groups excluding carboxylic acids is 1. The molecule has 1 aromatic heterocycles. The van der Waals surface area contributed by atoms with Crippen LogP contribution in [0.4, 0.5) is 5.69 Å². The van der Waals surface area contributed by atoms with Gasteiger partial charge in [0.25, 0.3) is 0 Å². The van der Waals surface area contributed by atoms with Gasteiger partial charge in [0.15, 0.2) is 0 Å². The third-order valence-electron chi connectivity index (χ3n) is 3.51. The summed E-state index contributed by atoms with van der Waals surface area (Å²) in [5, 5.41) is 5.80. The highest BCUT2D eigenvalue weighted by molar-refractivity contribution is 8.00. The molecule has 0 saturated heterocycles. The minimum atomic E-state index is -0.285. The number of thiophene rings is 1. The van der Waals surface area contributed by atoms with Crippen LogP contribution in [0.2, 0.25) is 0 Å². The maximum absolute atomic E-state index is 11.0. The zero-order valence-electron chi connectivity index (χ0n) is 11.6. The third kappa shape index (κ3) is 3.80. The standard InChI is InChI=1S/C16H18N2OS2/c17-15(19)10-21-13-5-2-1-4-12(13)18-16(11-7-8-11)14-6-3-9-20-14/h1-6,9,11,16,18H,7-8,10H2,(H2,17,19). The van der Waals surface area contributed by atoms with Crippen LogP contribution >= 0.6 is 23.1 Å². The van der Waals surface area contributed by atoms with Gasteiger partial charge in [-0.15, -0.1) is 23.1 Å². The molecule has 0 radical (unpaired) electrons. The van der Waals surface area contributed by atoms with E-state index >= 15 is 0 Å². The molecule has 1 aliphatic rings. The summed E-state index contributed by atoms with van der Waals surface area (Å²) in [6, 6.07) is 12.8. The second-order valence-corrected chi connectivity index (χ2v) is 7.22. The molecule has 110 valence electrons. The first-order chi connectivity index (χ1) is 10.2. The molecule has 3 rings (SSSR count). The van der Waals surface area contributed by atoms with Crippen molar-refractivity contribution in [2.75, 3.05) is 11.1 Å². The van der Waals surface area contributed by atoms with Gasteiger partial charge in [0.1, 0.15) is 0 Å². The summed E-state index contributed by atoms with van der Waals surface area (Å²) in [7, 11) is 0. The lowest BCUT2D eigenvalue weighted by molar-refractivity contribution is -0.115. The quantitative estimate of drug-likeness (QED) is 0.762. The zero-order valence-corrected chi connectivity index (χ0v) is 13.3. The summed E-state index contributed by atoms with van der Waals surface area (Å²) >= 11 is 3.29. The monoisotopic (exact) mass is 318 g/mol. The number of benzene rings is 1. The molecule has 0 aliphatic heterocycles. The van der Waals surface area contributed by atoms with E-state index in [4.69, 9.17) is 5.73 Å². The number of amides is 1. The minimum Gasteiger partial charge on any atom is -0.376 e. The summed E-state index contributed by atoms with van der Waals surface area (Å²) in [4.78, 5) is 13.5. The average molecular weight is 318 g/mol. The lowest BCUT2D eigenvalue weighted by Crippen LogP contribution is -2.14. The van der Waals surface area contributed by atoms with E-state index in [0.29, 0.717) is 11.8 Å². The van der Waals surface area contributed by atoms with E-state index in [-0.39, 0.29) is 5.91 Å². The average Bonchev–Trinajstić information content (AvgIpc) is 3.17. The van der Waals surface area contributed by atoms with Crippen LogP contribution < -0.4 is 11.1 Å². The normalized spacial score (nSPS) is 15.6. The molecule has 0 spiro atoms. The Bertz CT molecular complexity index is 608. The van der Waals surface area contributed by atoms with Crippen LogP contribution in [0.1, 0.15) is 23.8 Å². The molecule has 21 heavy (non-hydrogen) atoms. The molecular formula is C16H18N2OS2. The summed E-state index contributed by atoms with van der Waals surface area (Å²) < 4.78 is 0. The predicted molar refractivity (Wildman–Crippen MR) is 89.8 cm³/mol. The number of para-hydroxylation sites is 1. The second kappa shape index (κ2) is 6.54. The van der Waals surface area contributed by atoms with E-state index in [1.807, 2.05) is 18.2 Å². The number of carbonyl (C=O) groups is 1. The Morgan fingerprint density at radius 3 is 2.81 bits per heavy atom. The highest BCUT2D eigenvalue weighted by Gasteiger charge is 2.33. The summed E-state index contributed by atoms with van der Waals surface area (Å²) in [5.74, 6) is 0.746. The molecule has 1 fully saturated rings. The van der Waals surface area contributed by atoms with Gasteiger partial charge < -0.3 is 11.1 Å². The second-order valence-electron chi connectivity index (χ2n) is 5.23. The van der Waals surface area contributed by atoms with Crippen LogP contribution in [-0.4, -0.2) is 11.7 Å². The van der Waals surface area contributed by atoms with Crippen LogP contribution in [0, 0.1) is 5.92 Å². The fourth-order valence-corrected chi connectivity index (χ4v) is 3.97. The van der Waals surface area contributed by atoms with Crippen molar-refractivity contribution in [2.24, 2.45) is 11.7 Å². The van der Waals surface area contributed by atoms with E-state index in [0.717, 1.165) is 16.5 Å². The van der Waals surface area contributed by atoms with E-state index < -0.39 is 0 Å². The lowest BCUT2D eigenvalue weighted by Gasteiger charge is -2.20. The molecule has 5 heteroatoms. The number of nitrogens with two attached hydrogens (primary N) is 1. The van der Waals surface area contributed by atoms with Crippen LogP contribution in [0.3, 0.4) is 0 Å². The van der Waals surface area contributed by atoms with Gasteiger partial charge in [-0.25, -0.2) is 0 Å². The third-order valence-corrected chi connectivity index (χ3v) is 5.56. The predicted octanol–water partition coefficient (Wildman–Crippen LogP) is 3.89. The van der Waals surface area contributed by atoms with E-state index in [1.165, 1.54) is 29.5 Å². The molecular weight excluding hydrogens is 300 g/mol. The van der Waals surface area contributed by atoms with Crippen molar-refractivity contribution in [3.05, 3.63) is 46.7 Å². The molecule has 1 heterocycles. The van der Waals surface area contributed by atoms with Gasteiger partial charge in [0.2, 0.25) is 5.91 Å². The molecule has 3 N–H and O–H groups in total. The Morgan fingerprint density at radius 1 is 1.33 bits per heavy atom. The first-order valence-electron chi connectivity index (χ1n) is 7.04. The SMILES string of the molecule is NC(=O)CSc1ccccc1NC(c1cccs1)C1CC1. The number of hydrogen-bond donors (Lipinski definition) is 2. The fraction of sp³-hybridized carbons (Fsp3) is 0.312. The van der Waals surface area contributed by atoms with Gasteiger partial charge in [0, 0.05) is 15.5 Å². The van der Waals surface area contributed by atoms with Gasteiger partial charge in [-0.3, -0.25) is 4.79 Å². The number of nitrogens with one attached hydrogen (secondary N) is 1. The van der Waals surface area contributed by atoms with Gasteiger partial charge in [-0.2, -0.15) is 0 Å². The molecule has 1 unspecified atom stereocenters. The van der Waals surface area contributed by atoms with Crippen LogP contribution in [0.25, 0.3) is 0 Å².